The monoisotopic (exact) mass is 246 g/mol. The van der Waals surface area contributed by atoms with Crippen LogP contribution in [0.25, 0.3) is 0 Å². The first-order valence-electron chi connectivity index (χ1n) is 7.14. The lowest BCUT2D eigenvalue weighted by atomic mass is 9.75. The molecule has 0 bridgehead atoms. The van der Waals surface area contributed by atoms with Crippen molar-refractivity contribution in [3.8, 4) is 0 Å². The van der Waals surface area contributed by atoms with Crippen LogP contribution in [0.2, 0.25) is 0 Å². The van der Waals surface area contributed by atoms with Gasteiger partial charge >= 0.3 is 0 Å². The zero-order valence-electron chi connectivity index (χ0n) is 10.9. The molecule has 2 unspecified atom stereocenters. The smallest absolute Gasteiger partial charge is 0.225 e. The number of fused-ring (bicyclic) bond motifs is 1. The molecule has 2 fully saturated rings. The van der Waals surface area contributed by atoms with Gasteiger partial charge in [-0.1, -0.05) is 19.3 Å². The second-order valence-corrected chi connectivity index (χ2v) is 5.59. The molecule has 0 amide bonds. The van der Waals surface area contributed by atoms with E-state index in [1.54, 1.807) is 0 Å². The number of hydrogen-bond acceptors (Lipinski definition) is 4. The van der Waals surface area contributed by atoms with Crippen molar-refractivity contribution in [2.45, 2.75) is 38.6 Å². The van der Waals surface area contributed by atoms with E-state index >= 15 is 0 Å². The fourth-order valence-electron chi connectivity index (χ4n) is 3.43. The molecule has 1 aliphatic carbocycles. The summed E-state index contributed by atoms with van der Waals surface area (Å²) in [7, 11) is 0. The molecule has 98 valence electrons. The van der Waals surface area contributed by atoms with Gasteiger partial charge in [-0.05, 0) is 30.7 Å². The van der Waals surface area contributed by atoms with Gasteiger partial charge in [0.2, 0.25) is 5.95 Å². The van der Waals surface area contributed by atoms with Crippen LogP contribution in [0.3, 0.4) is 0 Å². The average Bonchev–Trinajstić information content (AvgIpc) is 2.47. The van der Waals surface area contributed by atoms with Crippen LogP contribution in [-0.2, 0) is 6.54 Å². The largest absolute Gasteiger partial charge is 0.341 e. The van der Waals surface area contributed by atoms with E-state index in [2.05, 4.69) is 14.9 Å². The Bertz CT molecular complexity index is 407. The van der Waals surface area contributed by atoms with Crippen LogP contribution in [0.5, 0.6) is 0 Å². The summed E-state index contributed by atoms with van der Waals surface area (Å²) < 4.78 is 0. The third kappa shape index (κ3) is 2.34. The molecule has 0 spiro atoms. The van der Waals surface area contributed by atoms with Gasteiger partial charge in [-0.3, -0.25) is 0 Å². The second kappa shape index (κ2) is 5.22. The lowest BCUT2D eigenvalue weighted by Crippen LogP contribution is -2.42. The van der Waals surface area contributed by atoms with Gasteiger partial charge in [0.25, 0.3) is 0 Å². The molecular weight excluding hydrogens is 224 g/mol. The highest BCUT2D eigenvalue weighted by Gasteiger charge is 2.31. The number of aromatic nitrogens is 2. The standard InChI is InChI=1S/C14H22N4/c15-9-13-5-7-16-14(17-13)18-8-6-11-3-1-2-4-12(11)10-18/h5,7,11-12H,1-4,6,8-10,15H2. The summed E-state index contributed by atoms with van der Waals surface area (Å²) in [6, 6.07) is 1.90. The quantitative estimate of drug-likeness (QED) is 0.866. The lowest BCUT2D eigenvalue weighted by molar-refractivity contribution is 0.201. The molecule has 0 radical (unpaired) electrons. The molecule has 18 heavy (non-hydrogen) atoms. The van der Waals surface area contributed by atoms with Crippen molar-refractivity contribution in [2.24, 2.45) is 17.6 Å². The highest BCUT2D eigenvalue weighted by molar-refractivity contribution is 5.31. The van der Waals surface area contributed by atoms with Gasteiger partial charge in [0.05, 0.1) is 5.69 Å². The average molecular weight is 246 g/mol. The predicted molar refractivity (Wildman–Crippen MR) is 72.2 cm³/mol. The Labute approximate surface area is 109 Å². The molecule has 2 N–H and O–H groups in total. The maximum absolute atomic E-state index is 5.65. The predicted octanol–water partition coefficient (Wildman–Crippen LogP) is 1.95. The Morgan fingerprint density at radius 1 is 1.22 bits per heavy atom. The molecular formula is C14H22N4. The van der Waals surface area contributed by atoms with Gasteiger partial charge < -0.3 is 10.6 Å². The highest BCUT2D eigenvalue weighted by atomic mass is 15.3. The zero-order valence-corrected chi connectivity index (χ0v) is 10.9. The van der Waals surface area contributed by atoms with Gasteiger partial charge in [-0.25, -0.2) is 9.97 Å². The van der Waals surface area contributed by atoms with Crippen LogP contribution >= 0.6 is 0 Å². The van der Waals surface area contributed by atoms with Crippen molar-refractivity contribution < 1.29 is 0 Å². The fourth-order valence-corrected chi connectivity index (χ4v) is 3.43. The molecule has 3 rings (SSSR count). The van der Waals surface area contributed by atoms with Gasteiger partial charge in [0.1, 0.15) is 0 Å². The van der Waals surface area contributed by atoms with Crippen molar-refractivity contribution in [1.29, 1.82) is 0 Å². The van der Waals surface area contributed by atoms with E-state index in [0.717, 1.165) is 36.6 Å². The van der Waals surface area contributed by atoms with Crippen molar-refractivity contribution in [2.75, 3.05) is 18.0 Å². The fraction of sp³-hybridized carbons (Fsp3) is 0.714. The molecule has 4 heteroatoms. The van der Waals surface area contributed by atoms with E-state index in [1.165, 1.54) is 32.1 Å². The van der Waals surface area contributed by atoms with Crippen molar-refractivity contribution in [1.82, 2.24) is 9.97 Å². The second-order valence-electron chi connectivity index (χ2n) is 5.59. The van der Waals surface area contributed by atoms with Crippen LogP contribution in [0, 0.1) is 11.8 Å². The van der Waals surface area contributed by atoms with Crippen LogP contribution < -0.4 is 10.6 Å². The van der Waals surface area contributed by atoms with E-state index in [1.807, 2.05) is 12.3 Å². The van der Waals surface area contributed by atoms with Gasteiger partial charge in [0.15, 0.2) is 0 Å². The normalized spacial score (nSPS) is 27.9. The van der Waals surface area contributed by atoms with Crippen LogP contribution in [-0.4, -0.2) is 23.1 Å². The number of hydrogen-bond donors (Lipinski definition) is 1. The van der Waals surface area contributed by atoms with E-state index < -0.39 is 0 Å². The molecule has 1 saturated carbocycles. The summed E-state index contributed by atoms with van der Waals surface area (Å²) in [6.07, 6.45) is 8.79. The third-order valence-electron chi connectivity index (χ3n) is 4.48. The highest BCUT2D eigenvalue weighted by Crippen LogP contribution is 2.36. The summed E-state index contributed by atoms with van der Waals surface area (Å²) in [5, 5.41) is 0. The topological polar surface area (TPSA) is 55.0 Å². The first kappa shape index (κ1) is 11.9. The molecule has 2 atom stereocenters. The van der Waals surface area contributed by atoms with E-state index in [-0.39, 0.29) is 0 Å². The summed E-state index contributed by atoms with van der Waals surface area (Å²) in [4.78, 5) is 11.3. The Hall–Kier alpha value is -1.16. The van der Waals surface area contributed by atoms with Crippen LogP contribution in [0.15, 0.2) is 12.3 Å². The minimum Gasteiger partial charge on any atom is -0.341 e. The molecule has 2 heterocycles. The summed E-state index contributed by atoms with van der Waals surface area (Å²) >= 11 is 0. The Kier molecular flexibility index (Phi) is 3.46. The first-order chi connectivity index (χ1) is 8.86. The van der Waals surface area contributed by atoms with Gasteiger partial charge in [-0.2, -0.15) is 0 Å². The molecule has 0 aromatic carbocycles. The summed E-state index contributed by atoms with van der Waals surface area (Å²) in [5.74, 6) is 2.69. The number of anilines is 1. The zero-order chi connectivity index (χ0) is 12.4. The van der Waals surface area contributed by atoms with E-state index in [9.17, 15) is 0 Å². The Morgan fingerprint density at radius 2 is 2.06 bits per heavy atom. The van der Waals surface area contributed by atoms with Crippen molar-refractivity contribution >= 4 is 5.95 Å². The maximum atomic E-state index is 5.65. The number of nitrogens with two attached hydrogens (primary N) is 1. The van der Waals surface area contributed by atoms with Crippen molar-refractivity contribution in [3.63, 3.8) is 0 Å². The summed E-state index contributed by atoms with van der Waals surface area (Å²) in [5.41, 5.74) is 6.58. The number of piperidine rings is 1. The SMILES string of the molecule is NCc1ccnc(N2CCC3CCCCC3C2)n1. The van der Waals surface area contributed by atoms with Crippen molar-refractivity contribution in [3.05, 3.63) is 18.0 Å². The Balaban J connectivity index is 1.72. The molecule has 1 aromatic heterocycles. The molecule has 1 aromatic rings. The van der Waals surface area contributed by atoms with Gasteiger partial charge in [-0.15, -0.1) is 0 Å². The molecule has 1 saturated heterocycles. The maximum Gasteiger partial charge on any atom is 0.225 e. The lowest BCUT2D eigenvalue weighted by Gasteiger charge is -2.41. The van der Waals surface area contributed by atoms with Gasteiger partial charge in [0, 0.05) is 25.8 Å². The Morgan fingerprint density at radius 3 is 2.89 bits per heavy atom. The van der Waals surface area contributed by atoms with E-state index in [0.29, 0.717) is 6.54 Å². The van der Waals surface area contributed by atoms with Crippen LogP contribution in [0.4, 0.5) is 5.95 Å². The molecule has 1 aliphatic heterocycles. The number of nitrogens with zero attached hydrogens (tertiary/aromatic N) is 3. The molecule has 2 aliphatic rings. The third-order valence-corrected chi connectivity index (χ3v) is 4.48. The van der Waals surface area contributed by atoms with E-state index in [4.69, 9.17) is 5.73 Å². The molecule has 4 nitrogen and oxygen atoms in total. The summed E-state index contributed by atoms with van der Waals surface area (Å²) in [6.45, 7) is 2.74. The van der Waals surface area contributed by atoms with Crippen LogP contribution in [0.1, 0.15) is 37.8 Å². The minimum atomic E-state index is 0.495. The minimum absolute atomic E-state index is 0.495. The number of rotatable bonds is 2. The first-order valence-corrected chi connectivity index (χ1v) is 7.14.